The van der Waals surface area contributed by atoms with Crippen LogP contribution in [0.15, 0.2) is 40.7 Å². The summed E-state index contributed by atoms with van der Waals surface area (Å²) in [5, 5.41) is 21.5. The molecule has 1 unspecified atom stereocenters. The Kier molecular flexibility index (Phi) is 7.42. The Labute approximate surface area is 200 Å². The van der Waals surface area contributed by atoms with Crippen molar-refractivity contribution in [3.8, 4) is 17.2 Å². The highest BCUT2D eigenvalue weighted by Gasteiger charge is 2.35. The molecule has 0 radical (unpaired) electrons. The second-order valence-corrected chi connectivity index (χ2v) is 7.35. The van der Waals surface area contributed by atoms with Gasteiger partial charge in [-0.15, -0.1) is 0 Å². The second-order valence-electron chi connectivity index (χ2n) is 7.35. The molecule has 0 aliphatic carbocycles. The number of aromatic nitrogens is 3. The van der Waals surface area contributed by atoms with Crippen molar-refractivity contribution < 1.29 is 22.0 Å². The van der Waals surface area contributed by atoms with Gasteiger partial charge >= 0.3 is 6.18 Å². The first-order chi connectivity index (χ1) is 17.0. The lowest BCUT2D eigenvalue weighted by atomic mass is 9.92. The number of rotatable bonds is 7. The van der Waals surface area contributed by atoms with E-state index in [4.69, 9.17) is 17.0 Å². The number of nitrogen functional groups attached to an aromatic ring is 1. The summed E-state index contributed by atoms with van der Waals surface area (Å²) in [6.45, 7) is 1.71. The van der Waals surface area contributed by atoms with Gasteiger partial charge in [0.2, 0.25) is 5.82 Å². The van der Waals surface area contributed by atoms with E-state index in [1.807, 2.05) is 6.07 Å². The van der Waals surface area contributed by atoms with Crippen molar-refractivity contribution >= 4 is 23.4 Å². The van der Waals surface area contributed by atoms with Crippen molar-refractivity contribution in [2.45, 2.75) is 25.4 Å². The molecule has 0 amide bonds. The molecule has 14 heteroatoms. The van der Waals surface area contributed by atoms with Crippen LogP contribution in [-0.4, -0.2) is 32.7 Å². The van der Waals surface area contributed by atoms with Crippen LogP contribution in [0.1, 0.15) is 42.0 Å². The number of amidine groups is 1. The van der Waals surface area contributed by atoms with Gasteiger partial charge in [0.25, 0.3) is 0 Å². The van der Waals surface area contributed by atoms with E-state index in [-0.39, 0.29) is 45.9 Å². The Hall–Kier alpha value is -4.67. The number of halogens is 5. The van der Waals surface area contributed by atoms with Gasteiger partial charge in [-0.05, 0) is 18.6 Å². The van der Waals surface area contributed by atoms with E-state index in [9.17, 15) is 27.2 Å². The maximum absolute atomic E-state index is 14.0. The van der Waals surface area contributed by atoms with E-state index < -0.39 is 35.4 Å². The molecule has 6 N–H and O–H groups in total. The zero-order valence-corrected chi connectivity index (χ0v) is 18.5. The van der Waals surface area contributed by atoms with Crippen LogP contribution in [0.2, 0.25) is 0 Å². The Balaban J connectivity index is 2.12. The van der Waals surface area contributed by atoms with Gasteiger partial charge in [-0.1, -0.05) is 6.92 Å². The molecular formula is C22H18F5N9. The van der Waals surface area contributed by atoms with Crippen LogP contribution in [0.3, 0.4) is 0 Å². The minimum Gasteiger partial charge on any atom is -0.382 e. The number of aliphatic imine (C=N–C) groups is 1. The summed E-state index contributed by atoms with van der Waals surface area (Å²) >= 11 is 0. The SMILES string of the molecule is CCC(C(C=Nc1cc(F)ccc1F)=NN)c1[nH]c(C(=N)N)c(-c2cnc(C(F)(F)F)nc2)c1C#N. The molecule has 1 atom stereocenters. The average Bonchev–Trinajstić information content (AvgIpc) is 3.22. The zero-order chi connectivity index (χ0) is 26.6. The maximum Gasteiger partial charge on any atom is 0.451 e. The highest BCUT2D eigenvalue weighted by atomic mass is 19.4. The van der Waals surface area contributed by atoms with Crippen LogP contribution < -0.4 is 11.6 Å². The number of hydrogen-bond donors (Lipinski definition) is 4. The minimum absolute atomic E-state index is 0.00355. The second kappa shape index (κ2) is 10.3. The van der Waals surface area contributed by atoms with Gasteiger partial charge in [0.05, 0.1) is 23.2 Å². The number of nitrogens with two attached hydrogens (primary N) is 2. The fourth-order valence-electron chi connectivity index (χ4n) is 3.49. The van der Waals surface area contributed by atoms with Gasteiger partial charge in [-0.3, -0.25) is 10.4 Å². The van der Waals surface area contributed by atoms with Gasteiger partial charge in [-0.25, -0.2) is 18.7 Å². The maximum atomic E-state index is 14.0. The summed E-state index contributed by atoms with van der Waals surface area (Å²) in [6.07, 6.45) is -1.68. The quantitative estimate of drug-likeness (QED) is 0.125. The number of benzene rings is 1. The molecule has 0 spiro atoms. The van der Waals surface area contributed by atoms with Crippen LogP contribution in [0, 0.1) is 28.4 Å². The predicted molar refractivity (Wildman–Crippen MR) is 122 cm³/mol. The molecule has 0 saturated heterocycles. The molecule has 3 aromatic rings. The third kappa shape index (κ3) is 5.19. The number of hydrogen-bond acceptors (Lipinski definition) is 7. The molecule has 9 nitrogen and oxygen atoms in total. The summed E-state index contributed by atoms with van der Waals surface area (Å²) in [4.78, 5) is 13.4. The summed E-state index contributed by atoms with van der Waals surface area (Å²) in [7, 11) is 0. The highest BCUT2D eigenvalue weighted by molar-refractivity contribution is 6.33. The predicted octanol–water partition coefficient (Wildman–Crippen LogP) is 4.14. The van der Waals surface area contributed by atoms with E-state index in [2.05, 4.69) is 25.0 Å². The molecule has 2 heterocycles. The topological polar surface area (TPSA) is 166 Å². The van der Waals surface area contributed by atoms with Crippen molar-refractivity contribution in [1.82, 2.24) is 15.0 Å². The number of nitrogens with zero attached hydrogens (tertiary/aromatic N) is 5. The number of aromatic amines is 1. The molecule has 0 saturated carbocycles. The molecule has 0 bridgehead atoms. The van der Waals surface area contributed by atoms with Gasteiger partial charge in [0, 0.05) is 41.2 Å². The van der Waals surface area contributed by atoms with Crippen LogP contribution in [0.5, 0.6) is 0 Å². The minimum atomic E-state index is -4.77. The number of alkyl halides is 3. The summed E-state index contributed by atoms with van der Waals surface area (Å²) < 4.78 is 66.1. The lowest BCUT2D eigenvalue weighted by Crippen LogP contribution is -2.18. The Morgan fingerprint density at radius 1 is 1.28 bits per heavy atom. The first-order valence-corrected chi connectivity index (χ1v) is 10.2. The van der Waals surface area contributed by atoms with E-state index >= 15 is 0 Å². The first kappa shape index (κ1) is 25.9. The fraction of sp³-hybridized carbons (Fsp3) is 0.182. The fourth-order valence-corrected chi connectivity index (χ4v) is 3.49. The molecular weight excluding hydrogens is 485 g/mol. The number of H-pyrrole nitrogens is 1. The summed E-state index contributed by atoms with van der Waals surface area (Å²) in [6, 6.07) is 4.65. The Morgan fingerprint density at radius 2 is 1.94 bits per heavy atom. The van der Waals surface area contributed by atoms with Crippen LogP contribution in [0.25, 0.3) is 11.1 Å². The van der Waals surface area contributed by atoms with Gasteiger partial charge < -0.3 is 16.6 Å². The number of hydrazone groups is 1. The Bertz CT molecular complexity index is 1380. The smallest absolute Gasteiger partial charge is 0.382 e. The monoisotopic (exact) mass is 503 g/mol. The van der Waals surface area contributed by atoms with Crippen molar-refractivity contribution in [3.63, 3.8) is 0 Å². The molecule has 0 aliphatic rings. The Morgan fingerprint density at radius 3 is 2.47 bits per heavy atom. The molecule has 0 aliphatic heterocycles. The van der Waals surface area contributed by atoms with Crippen LogP contribution in [0.4, 0.5) is 27.6 Å². The van der Waals surface area contributed by atoms with E-state index in [1.54, 1.807) is 6.92 Å². The molecule has 1 aromatic carbocycles. The normalized spacial score (nSPS) is 13.1. The lowest BCUT2D eigenvalue weighted by Gasteiger charge is -2.14. The van der Waals surface area contributed by atoms with Gasteiger partial charge in [-0.2, -0.15) is 23.5 Å². The molecule has 2 aromatic heterocycles. The van der Waals surface area contributed by atoms with Gasteiger partial charge in [0.1, 0.15) is 29.2 Å². The molecule has 3 rings (SSSR count). The zero-order valence-electron chi connectivity index (χ0n) is 18.5. The van der Waals surface area contributed by atoms with Crippen LogP contribution >= 0.6 is 0 Å². The van der Waals surface area contributed by atoms with Gasteiger partial charge in [0.15, 0.2) is 0 Å². The molecule has 36 heavy (non-hydrogen) atoms. The van der Waals surface area contributed by atoms with E-state index in [0.717, 1.165) is 36.8 Å². The van der Waals surface area contributed by atoms with E-state index in [0.29, 0.717) is 0 Å². The molecule has 0 fully saturated rings. The van der Waals surface area contributed by atoms with Crippen molar-refractivity contribution in [2.75, 3.05) is 0 Å². The largest absolute Gasteiger partial charge is 0.451 e. The summed E-state index contributed by atoms with van der Waals surface area (Å²) in [5.74, 6) is 1.35. The van der Waals surface area contributed by atoms with Crippen LogP contribution in [-0.2, 0) is 6.18 Å². The van der Waals surface area contributed by atoms with E-state index in [1.165, 1.54) is 0 Å². The highest BCUT2D eigenvalue weighted by Crippen LogP contribution is 2.35. The average molecular weight is 503 g/mol. The van der Waals surface area contributed by atoms with Crippen molar-refractivity contribution in [2.24, 2.45) is 21.7 Å². The van der Waals surface area contributed by atoms with Crippen molar-refractivity contribution in [3.05, 3.63) is 65.0 Å². The standard InChI is InChI=1S/C22H18F5N9/c1-2-12(16(36-31)9-32-15-5-11(23)3-4-14(15)24)18-13(6-28)17(19(35-18)20(29)30)10-7-33-21(34-8-10)22(25,26)27/h3-5,7-9,12,35H,2,31H2,1H3,(H3,29,30). The summed E-state index contributed by atoms with van der Waals surface area (Å²) in [5.41, 5.74) is 5.47. The lowest BCUT2D eigenvalue weighted by molar-refractivity contribution is -0.144. The van der Waals surface area contributed by atoms with Crippen molar-refractivity contribution in [1.29, 1.82) is 10.7 Å². The third-order valence-corrected chi connectivity index (χ3v) is 5.11. The molecule has 186 valence electrons. The third-order valence-electron chi connectivity index (χ3n) is 5.11. The number of nitriles is 1. The first-order valence-electron chi connectivity index (χ1n) is 10.2. The number of nitrogens with one attached hydrogen (secondary N) is 2.